The molecule has 34 heavy (non-hydrogen) atoms. The maximum atomic E-state index is 12.9. The Labute approximate surface area is 202 Å². The van der Waals surface area contributed by atoms with Crippen LogP contribution in [-0.4, -0.2) is 60.2 Å². The number of esters is 1. The summed E-state index contributed by atoms with van der Waals surface area (Å²) in [7, 11) is -4.34. The van der Waals surface area contributed by atoms with Crippen LogP contribution in [0.2, 0.25) is 0 Å². The molecule has 0 spiro atoms. The number of hydrogen-bond acceptors (Lipinski definition) is 8. The zero-order chi connectivity index (χ0) is 26.4. The quantitative estimate of drug-likeness (QED) is 0.147. The fraction of sp³-hybridized carbons (Fsp3) is 0.870. The van der Waals surface area contributed by atoms with Gasteiger partial charge in [0.15, 0.2) is 5.60 Å². The monoisotopic (exact) mass is 507 g/mol. The van der Waals surface area contributed by atoms with Gasteiger partial charge in [-0.25, -0.2) is 8.98 Å². The first-order valence-electron chi connectivity index (χ1n) is 11.8. The van der Waals surface area contributed by atoms with Crippen LogP contribution in [0, 0.1) is 17.3 Å². The van der Waals surface area contributed by atoms with Crippen molar-refractivity contribution >= 4 is 28.0 Å². The molecular weight excluding hydrogens is 466 g/mol. The standard InChI is InChI=1S/C23H41NO9S/c1-16(2)15-19(26)32-22(6,33-34(30,31)14-10-13-24-17(3)25)21(4,5)23(29,20(27)28)18-11-8-7-9-12-18/h16,18,29H,7-15H2,1-6H3,(H,24,25)(H,27,28)/t22?,23-/m0/s1. The summed E-state index contributed by atoms with van der Waals surface area (Å²) < 4.78 is 36.7. The fourth-order valence-electron chi connectivity index (χ4n) is 4.46. The molecule has 1 rings (SSSR count). The molecule has 0 heterocycles. The average molecular weight is 508 g/mol. The van der Waals surface area contributed by atoms with Crippen molar-refractivity contribution in [3.05, 3.63) is 0 Å². The second-order valence-electron chi connectivity index (χ2n) is 10.2. The molecule has 1 aliphatic rings. The molecular formula is C23H41NO9S. The van der Waals surface area contributed by atoms with Crippen molar-refractivity contribution in [1.82, 2.24) is 5.32 Å². The van der Waals surface area contributed by atoms with Gasteiger partial charge < -0.3 is 20.3 Å². The first-order chi connectivity index (χ1) is 15.5. The number of carboxylic acid groups (broad SMARTS) is 1. The van der Waals surface area contributed by atoms with Crippen molar-refractivity contribution in [2.45, 2.75) is 97.9 Å². The van der Waals surface area contributed by atoms with Gasteiger partial charge in [0.1, 0.15) is 0 Å². The van der Waals surface area contributed by atoms with Gasteiger partial charge >= 0.3 is 11.9 Å². The van der Waals surface area contributed by atoms with Crippen molar-refractivity contribution < 1.29 is 41.9 Å². The van der Waals surface area contributed by atoms with Crippen molar-refractivity contribution in [2.75, 3.05) is 12.3 Å². The zero-order valence-corrected chi connectivity index (χ0v) is 22.0. The summed E-state index contributed by atoms with van der Waals surface area (Å²) in [5.41, 5.74) is -4.28. The van der Waals surface area contributed by atoms with E-state index in [0.717, 1.165) is 19.3 Å². The number of amides is 1. The maximum absolute atomic E-state index is 12.9. The summed E-state index contributed by atoms with van der Waals surface area (Å²) in [5.74, 6) is -6.20. The molecule has 0 saturated heterocycles. The Morgan fingerprint density at radius 3 is 2.12 bits per heavy atom. The zero-order valence-electron chi connectivity index (χ0n) is 21.2. The normalized spacial score (nSPS) is 19.2. The van der Waals surface area contributed by atoms with Crippen molar-refractivity contribution in [1.29, 1.82) is 0 Å². The lowest BCUT2D eigenvalue weighted by molar-refractivity contribution is -0.281. The van der Waals surface area contributed by atoms with Crippen molar-refractivity contribution in [3.8, 4) is 0 Å². The largest absolute Gasteiger partial charge is 0.479 e. The SMILES string of the molecule is CC(=O)NCCCS(=O)(=O)OC(C)(OC(=O)CC(C)C)C(C)(C)[C@@](O)(C(=O)O)C1CCCCC1. The number of rotatable bonds is 13. The molecule has 0 aromatic carbocycles. The predicted octanol–water partition coefficient (Wildman–Crippen LogP) is 2.59. The molecule has 1 unspecified atom stereocenters. The lowest BCUT2D eigenvalue weighted by Crippen LogP contribution is -2.67. The molecule has 0 aliphatic heterocycles. The van der Waals surface area contributed by atoms with Crippen LogP contribution in [0.4, 0.5) is 0 Å². The van der Waals surface area contributed by atoms with E-state index in [1.165, 1.54) is 27.7 Å². The molecule has 2 atom stereocenters. The van der Waals surface area contributed by atoms with Crippen LogP contribution in [0.1, 0.15) is 86.5 Å². The van der Waals surface area contributed by atoms with Gasteiger partial charge in [0.05, 0.1) is 11.2 Å². The summed E-state index contributed by atoms with van der Waals surface area (Å²) in [6, 6.07) is 0. The lowest BCUT2D eigenvalue weighted by Gasteiger charge is -2.52. The minimum Gasteiger partial charge on any atom is -0.479 e. The molecule has 10 nitrogen and oxygen atoms in total. The van der Waals surface area contributed by atoms with Crippen LogP contribution in [-0.2, 0) is 33.4 Å². The Hall–Kier alpha value is -1.72. The number of nitrogens with one attached hydrogen (secondary N) is 1. The van der Waals surface area contributed by atoms with E-state index >= 15 is 0 Å². The van der Waals surface area contributed by atoms with Gasteiger partial charge in [-0.2, -0.15) is 8.42 Å². The minimum atomic E-state index is -4.34. The van der Waals surface area contributed by atoms with Gasteiger partial charge in [0, 0.05) is 26.8 Å². The maximum Gasteiger partial charge on any atom is 0.336 e. The smallest absolute Gasteiger partial charge is 0.336 e. The van der Waals surface area contributed by atoms with E-state index in [9.17, 15) is 33.0 Å². The number of carbonyl (C=O) groups excluding carboxylic acids is 2. The Morgan fingerprint density at radius 1 is 1.09 bits per heavy atom. The third-order valence-corrected chi connectivity index (χ3v) is 8.09. The topological polar surface area (TPSA) is 156 Å². The summed E-state index contributed by atoms with van der Waals surface area (Å²) in [4.78, 5) is 36.1. The highest BCUT2D eigenvalue weighted by atomic mass is 32.2. The number of ether oxygens (including phenoxy) is 1. The van der Waals surface area contributed by atoms with Crippen LogP contribution in [0.5, 0.6) is 0 Å². The number of carboxylic acids is 1. The summed E-state index contributed by atoms with van der Waals surface area (Å²) in [6.07, 6.45) is 3.21. The van der Waals surface area contributed by atoms with Gasteiger partial charge in [0.2, 0.25) is 11.7 Å². The van der Waals surface area contributed by atoms with E-state index < -0.39 is 50.5 Å². The molecule has 0 aromatic rings. The third-order valence-electron chi connectivity index (χ3n) is 6.72. The molecule has 1 amide bonds. The highest BCUT2D eigenvalue weighted by Gasteiger charge is 2.66. The third kappa shape index (κ3) is 7.39. The van der Waals surface area contributed by atoms with E-state index in [2.05, 4.69) is 5.32 Å². The molecule has 0 bridgehead atoms. The van der Waals surface area contributed by atoms with Gasteiger partial charge in [-0.15, -0.1) is 0 Å². The Bertz CT molecular complexity index is 833. The van der Waals surface area contributed by atoms with Crippen LogP contribution in [0.25, 0.3) is 0 Å². The molecule has 3 N–H and O–H groups in total. The van der Waals surface area contributed by atoms with E-state index in [1.807, 2.05) is 0 Å². The van der Waals surface area contributed by atoms with Gasteiger partial charge in [0.25, 0.3) is 10.1 Å². The van der Waals surface area contributed by atoms with Crippen LogP contribution < -0.4 is 5.32 Å². The van der Waals surface area contributed by atoms with Crippen LogP contribution in [0.15, 0.2) is 0 Å². The first kappa shape index (κ1) is 30.3. The number of aliphatic carboxylic acids is 1. The fourth-order valence-corrected chi connectivity index (χ4v) is 5.77. The predicted molar refractivity (Wildman–Crippen MR) is 125 cm³/mol. The highest BCUT2D eigenvalue weighted by Crippen LogP contribution is 2.51. The van der Waals surface area contributed by atoms with E-state index in [4.69, 9.17) is 8.92 Å². The molecule has 11 heteroatoms. The van der Waals surface area contributed by atoms with Gasteiger partial charge in [-0.1, -0.05) is 47.0 Å². The molecule has 1 saturated carbocycles. The Kier molecular flexibility index (Phi) is 10.5. The molecule has 1 fully saturated rings. The summed E-state index contributed by atoms with van der Waals surface area (Å²) in [5, 5.41) is 24.3. The Balaban J connectivity index is 3.39. The van der Waals surface area contributed by atoms with Crippen molar-refractivity contribution in [2.24, 2.45) is 17.3 Å². The van der Waals surface area contributed by atoms with Gasteiger partial charge in [-0.05, 0) is 31.1 Å². The molecule has 198 valence electrons. The number of hydrogen-bond donors (Lipinski definition) is 3. The van der Waals surface area contributed by atoms with E-state index in [1.54, 1.807) is 13.8 Å². The van der Waals surface area contributed by atoms with Crippen molar-refractivity contribution in [3.63, 3.8) is 0 Å². The van der Waals surface area contributed by atoms with E-state index in [0.29, 0.717) is 12.8 Å². The molecule has 0 aromatic heterocycles. The highest BCUT2D eigenvalue weighted by molar-refractivity contribution is 7.86. The van der Waals surface area contributed by atoms with E-state index in [-0.39, 0.29) is 31.2 Å². The average Bonchev–Trinajstić information content (AvgIpc) is 2.69. The number of carbonyl (C=O) groups is 3. The molecule has 1 aliphatic carbocycles. The first-order valence-corrected chi connectivity index (χ1v) is 13.4. The minimum absolute atomic E-state index is 0.0319. The van der Waals surface area contributed by atoms with Crippen LogP contribution >= 0.6 is 0 Å². The Morgan fingerprint density at radius 2 is 1.65 bits per heavy atom. The lowest BCUT2D eigenvalue weighted by atomic mass is 9.60. The summed E-state index contributed by atoms with van der Waals surface area (Å²) >= 11 is 0. The second-order valence-corrected chi connectivity index (χ2v) is 11.9. The second kappa shape index (κ2) is 11.8. The van der Waals surface area contributed by atoms with Gasteiger partial charge in [-0.3, -0.25) is 9.59 Å². The number of aliphatic hydroxyl groups is 1. The van der Waals surface area contributed by atoms with Crippen LogP contribution in [0.3, 0.4) is 0 Å². The molecule has 0 radical (unpaired) electrons. The summed E-state index contributed by atoms with van der Waals surface area (Å²) in [6.45, 7) is 8.84.